The average Bonchev–Trinajstić information content (AvgIpc) is 3.01. The standard InChI is InChI=1S/C32H40ClN3O8S/c1-21(31(38)34-32(2,3)4)35(19-22-9-11-23(33)12-10-22)30(37)20-36(26-17-24(41-5)13-15-27(26)42-6)45(39,40)25-14-16-28(43-7)29(18-25)44-8/h9-18,21H,19-20H2,1-8H3,(H,34,38)/t21-/m0/s1. The number of nitrogens with one attached hydrogen (secondary N) is 1. The molecule has 0 spiro atoms. The molecule has 3 rings (SSSR count). The van der Waals surface area contributed by atoms with Gasteiger partial charge in [0, 0.05) is 29.2 Å². The van der Waals surface area contributed by atoms with Crippen molar-refractivity contribution in [1.29, 1.82) is 0 Å². The lowest BCUT2D eigenvalue weighted by Gasteiger charge is -2.34. The minimum Gasteiger partial charge on any atom is -0.497 e. The molecule has 0 heterocycles. The first-order chi connectivity index (χ1) is 21.1. The van der Waals surface area contributed by atoms with Crippen molar-refractivity contribution in [2.24, 2.45) is 0 Å². The van der Waals surface area contributed by atoms with Crippen molar-refractivity contribution < 1.29 is 37.0 Å². The molecule has 1 N–H and O–H groups in total. The highest BCUT2D eigenvalue weighted by molar-refractivity contribution is 7.92. The first kappa shape index (κ1) is 35.3. The molecular weight excluding hydrogens is 622 g/mol. The zero-order chi connectivity index (χ0) is 33.5. The minimum atomic E-state index is -4.45. The Labute approximate surface area is 270 Å². The number of benzene rings is 3. The second kappa shape index (κ2) is 14.7. The molecule has 0 bridgehead atoms. The zero-order valence-electron chi connectivity index (χ0n) is 26.7. The van der Waals surface area contributed by atoms with Crippen molar-refractivity contribution >= 4 is 39.1 Å². The summed E-state index contributed by atoms with van der Waals surface area (Å²) in [5, 5.41) is 3.41. The predicted octanol–water partition coefficient (Wildman–Crippen LogP) is 4.90. The van der Waals surface area contributed by atoms with Gasteiger partial charge in [-0.25, -0.2) is 8.42 Å². The van der Waals surface area contributed by atoms with Crippen LogP contribution in [0, 0.1) is 0 Å². The number of hydrogen-bond acceptors (Lipinski definition) is 8. The van der Waals surface area contributed by atoms with Crippen molar-refractivity contribution in [1.82, 2.24) is 10.2 Å². The topological polar surface area (TPSA) is 124 Å². The van der Waals surface area contributed by atoms with Crippen LogP contribution in [0.3, 0.4) is 0 Å². The Morgan fingerprint density at radius 1 is 0.844 bits per heavy atom. The van der Waals surface area contributed by atoms with Crippen LogP contribution in [-0.4, -0.2) is 71.7 Å². The smallest absolute Gasteiger partial charge is 0.265 e. The number of carbonyl (C=O) groups is 2. The van der Waals surface area contributed by atoms with Crippen LogP contribution in [0.25, 0.3) is 0 Å². The molecule has 0 saturated carbocycles. The van der Waals surface area contributed by atoms with Gasteiger partial charge in [-0.2, -0.15) is 0 Å². The molecular formula is C32H40ClN3O8S. The summed E-state index contributed by atoms with van der Waals surface area (Å²) < 4.78 is 51.2. The lowest BCUT2D eigenvalue weighted by Crippen LogP contribution is -2.54. The molecule has 3 aromatic rings. The highest BCUT2D eigenvalue weighted by Gasteiger charge is 2.35. The van der Waals surface area contributed by atoms with E-state index in [1.165, 1.54) is 57.6 Å². The quantitative estimate of drug-likeness (QED) is 0.274. The summed E-state index contributed by atoms with van der Waals surface area (Å²) in [5.74, 6) is -0.0317. The Hall–Kier alpha value is -4.16. The molecule has 45 heavy (non-hydrogen) atoms. The fraction of sp³-hybridized carbons (Fsp3) is 0.375. The number of rotatable bonds is 13. The largest absolute Gasteiger partial charge is 0.497 e. The highest BCUT2D eigenvalue weighted by atomic mass is 35.5. The summed E-state index contributed by atoms with van der Waals surface area (Å²) in [5.41, 5.74) is 0.173. The van der Waals surface area contributed by atoms with E-state index >= 15 is 0 Å². The number of hydrogen-bond donors (Lipinski definition) is 1. The molecule has 13 heteroatoms. The number of halogens is 1. The van der Waals surface area contributed by atoms with Crippen LogP contribution in [0.5, 0.6) is 23.0 Å². The first-order valence-electron chi connectivity index (χ1n) is 14.0. The molecule has 1 atom stereocenters. The van der Waals surface area contributed by atoms with Gasteiger partial charge in [-0.15, -0.1) is 0 Å². The summed E-state index contributed by atoms with van der Waals surface area (Å²) in [6.07, 6.45) is 0. The van der Waals surface area contributed by atoms with Crippen molar-refractivity contribution in [2.75, 3.05) is 39.3 Å². The Morgan fingerprint density at radius 2 is 1.44 bits per heavy atom. The third kappa shape index (κ3) is 8.73. The number of methoxy groups -OCH3 is 4. The van der Waals surface area contributed by atoms with E-state index in [-0.39, 0.29) is 28.6 Å². The normalized spacial score (nSPS) is 12.1. The Balaban J connectivity index is 2.17. The van der Waals surface area contributed by atoms with Crippen LogP contribution in [-0.2, 0) is 26.2 Å². The summed E-state index contributed by atoms with van der Waals surface area (Å²) in [4.78, 5) is 28.7. The Bertz CT molecular complexity index is 1610. The molecule has 0 aliphatic heterocycles. The maximum absolute atomic E-state index is 14.4. The van der Waals surface area contributed by atoms with E-state index in [9.17, 15) is 18.0 Å². The van der Waals surface area contributed by atoms with Gasteiger partial charge in [-0.1, -0.05) is 23.7 Å². The van der Waals surface area contributed by atoms with Crippen molar-refractivity contribution in [3.8, 4) is 23.0 Å². The van der Waals surface area contributed by atoms with Gasteiger partial charge in [0.25, 0.3) is 10.0 Å². The van der Waals surface area contributed by atoms with Crippen molar-refractivity contribution in [3.05, 3.63) is 71.2 Å². The van der Waals surface area contributed by atoms with Gasteiger partial charge in [-0.3, -0.25) is 13.9 Å². The molecule has 244 valence electrons. The maximum atomic E-state index is 14.4. The summed E-state index contributed by atoms with van der Waals surface area (Å²) in [7, 11) is 1.20. The molecule has 0 aliphatic carbocycles. The molecule has 0 unspecified atom stereocenters. The van der Waals surface area contributed by atoms with Crippen LogP contribution < -0.4 is 28.6 Å². The molecule has 0 aliphatic rings. The number of carbonyl (C=O) groups excluding carboxylic acids is 2. The maximum Gasteiger partial charge on any atom is 0.265 e. The van der Waals surface area contributed by atoms with E-state index in [2.05, 4.69) is 5.32 Å². The second-order valence-electron chi connectivity index (χ2n) is 11.1. The van der Waals surface area contributed by atoms with E-state index in [0.717, 1.165) is 4.31 Å². The van der Waals surface area contributed by atoms with Crippen LogP contribution in [0.15, 0.2) is 65.6 Å². The molecule has 0 fully saturated rings. The van der Waals surface area contributed by atoms with Gasteiger partial charge in [0.2, 0.25) is 11.8 Å². The van der Waals surface area contributed by atoms with Crippen molar-refractivity contribution in [2.45, 2.75) is 50.7 Å². The predicted molar refractivity (Wildman–Crippen MR) is 173 cm³/mol. The number of anilines is 1. The molecule has 2 amide bonds. The van der Waals surface area contributed by atoms with E-state index < -0.39 is 40.0 Å². The minimum absolute atomic E-state index is 0.00816. The molecule has 3 aromatic carbocycles. The lowest BCUT2D eigenvalue weighted by molar-refractivity contribution is -0.140. The third-order valence-corrected chi connectivity index (χ3v) is 8.82. The summed E-state index contributed by atoms with van der Waals surface area (Å²) in [6, 6.07) is 14.6. The van der Waals surface area contributed by atoms with Crippen LogP contribution in [0.4, 0.5) is 5.69 Å². The van der Waals surface area contributed by atoms with Gasteiger partial charge in [0.15, 0.2) is 11.5 Å². The van der Waals surface area contributed by atoms with E-state index in [1.807, 2.05) is 20.8 Å². The van der Waals surface area contributed by atoms with Gasteiger partial charge in [-0.05, 0) is 69.7 Å². The fourth-order valence-electron chi connectivity index (χ4n) is 4.45. The van der Waals surface area contributed by atoms with Gasteiger partial charge < -0.3 is 29.2 Å². The average molecular weight is 662 g/mol. The monoisotopic (exact) mass is 661 g/mol. The van der Waals surface area contributed by atoms with E-state index in [4.69, 9.17) is 30.5 Å². The Kier molecular flexibility index (Phi) is 11.6. The van der Waals surface area contributed by atoms with E-state index in [1.54, 1.807) is 43.3 Å². The van der Waals surface area contributed by atoms with Crippen LogP contribution in [0.2, 0.25) is 5.02 Å². The van der Waals surface area contributed by atoms with Crippen molar-refractivity contribution in [3.63, 3.8) is 0 Å². The third-order valence-electron chi connectivity index (χ3n) is 6.81. The number of amides is 2. The number of nitrogens with zero attached hydrogens (tertiary/aromatic N) is 2. The summed E-state index contributed by atoms with van der Waals surface area (Å²) in [6.45, 7) is 6.41. The highest BCUT2D eigenvalue weighted by Crippen LogP contribution is 2.38. The molecule has 0 aromatic heterocycles. The zero-order valence-corrected chi connectivity index (χ0v) is 28.3. The van der Waals surface area contributed by atoms with E-state index in [0.29, 0.717) is 22.1 Å². The van der Waals surface area contributed by atoms with Gasteiger partial charge in [0.05, 0.1) is 39.0 Å². The molecule has 0 saturated heterocycles. The van der Waals surface area contributed by atoms with Crippen LogP contribution in [0.1, 0.15) is 33.3 Å². The molecule has 11 nitrogen and oxygen atoms in total. The lowest BCUT2D eigenvalue weighted by atomic mass is 10.1. The first-order valence-corrected chi connectivity index (χ1v) is 15.8. The molecule has 0 radical (unpaired) electrons. The van der Waals surface area contributed by atoms with Crippen LogP contribution >= 0.6 is 11.6 Å². The number of ether oxygens (including phenoxy) is 4. The summed E-state index contributed by atoms with van der Waals surface area (Å²) >= 11 is 6.08. The number of sulfonamides is 1. The van der Waals surface area contributed by atoms with Gasteiger partial charge >= 0.3 is 0 Å². The SMILES string of the molecule is COc1ccc(OC)c(N(CC(=O)N(Cc2ccc(Cl)cc2)[C@@H](C)C(=O)NC(C)(C)C)S(=O)(=O)c2ccc(OC)c(OC)c2)c1. The second-order valence-corrected chi connectivity index (χ2v) is 13.4. The van der Waals surface area contributed by atoms with Gasteiger partial charge in [0.1, 0.15) is 24.1 Å². The Morgan fingerprint density at radius 3 is 2.00 bits per heavy atom. The fourth-order valence-corrected chi connectivity index (χ4v) is 6.01.